The summed E-state index contributed by atoms with van der Waals surface area (Å²) in [6.07, 6.45) is 7.71. The minimum absolute atomic E-state index is 0.244. The first-order chi connectivity index (χ1) is 7.08. The molecule has 4 unspecified atom stereocenters. The van der Waals surface area contributed by atoms with Crippen LogP contribution in [0.2, 0.25) is 0 Å². The van der Waals surface area contributed by atoms with Crippen molar-refractivity contribution in [3.8, 4) is 12.3 Å². The molecule has 0 saturated carbocycles. The second kappa shape index (κ2) is 5.53. The Kier molecular flexibility index (Phi) is 4.63. The predicted molar refractivity (Wildman–Crippen MR) is 65.7 cm³/mol. The van der Waals surface area contributed by atoms with E-state index in [1.54, 1.807) is 0 Å². The molecule has 1 saturated heterocycles. The molecule has 0 aromatic heterocycles. The van der Waals surface area contributed by atoms with Gasteiger partial charge in [0.15, 0.2) is 0 Å². The summed E-state index contributed by atoms with van der Waals surface area (Å²) in [6, 6.07) is 1.49. The molecule has 1 rings (SSSR count). The molecule has 15 heavy (non-hydrogen) atoms. The third kappa shape index (κ3) is 3.22. The van der Waals surface area contributed by atoms with Gasteiger partial charge in [0.05, 0.1) is 6.04 Å². The lowest BCUT2D eigenvalue weighted by Crippen LogP contribution is -2.52. The van der Waals surface area contributed by atoms with Gasteiger partial charge in [-0.2, -0.15) is 0 Å². The maximum absolute atomic E-state index is 5.48. The SMILES string of the molecule is C#CC(CC)NC1CC(C)N(C)CC1C. The topological polar surface area (TPSA) is 15.3 Å². The molecule has 0 spiro atoms. The van der Waals surface area contributed by atoms with E-state index in [4.69, 9.17) is 6.42 Å². The van der Waals surface area contributed by atoms with Gasteiger partial charge in [0.25, 0.3) is 0 Å². The lowest BCUT2D eigenvalue weighted by molar-refractivity contribution is 0.118. The molecule has 0 aromatic rings. The van der Waals surface area contributed by atoms with Crippen LogP contribution in [0.5, 0.6) is 0 Å². The van der Waals surface area contributed by atoms with Crippen molar-refractivity contribution in [1.29, 1.82) is 0 Å². The smallest absolute Gasteiger partial charge is 0.0686 e. The van der Waals surface area contributed by atoms with Gasteiger partial charge < -0.3 is 10.2 Å². The maximum atomic E-state index is 5.48. The van der Waals surface area contributed by atoms with E-state index in [0.717, 1.165) is 6.42 Å². The van der Waals surface area contributed by atoms with Gasteiger partial charge >= 0.3 is 0 Å². The predicted octanol–water partition coefficient (Wildman–Crippen LogP) is 1.72. The highest BCUT2D eigenvalue weighted by molar-refractivity contribution is 5.00. The van der Waals surface area contributed by atoms with Crippen LogP contribution in [0.4, 0.5) is 0 Å². The van der Waals surface area contributed by atoms with Crippen LogP contribution in [0.25, 0.3) is 0 Å². The van der Waals surface area contributed by atoms with Gasteiger partial charge in [0, 0.05) is 18.6 Å². The van der Waals surface area contributed by atoms with Crippen LogP contribution in [-0.4, -0.2) is 36.6 Å². The van der Waals surface area contributed by atoms with Gasteiger partial charge in [0.1, 0.15) is 0 Å². The van der Waals surface area contributed by atoms with E-state index in [0.29, 0.717) is 18.0 Å². The van der Waals surface area contributed by atoms with Crippen molar-refractivity contribution in [3.63, 3.8) is 0 Å². The van der Waals surface area contributed by atoms with Crippen molar-refractivity contribution >= 4 is 0 Å². The van der Waals surface area contributed by atoms with Gasteiger partial charge in [-0.3, -0.25) is 0 Å². The highest BCUT2D eigenvalue weighted by Crippen LogP contribution is 2.21. The molecule has 0 aliphatic carbocycles. The summed E-state index contributed by atoms with van der Waals surface area (Å²) in [4.78, 5) is 2.43. The fraction of sp³-hybridized carbons (Fsp3) is 0.846. The summed E-state index contributed by atoms with van der Waals surface area (Å²) < 4.78 is 0. The number of terminal acetylenes is 1. The average molecular weight is 208 g/mol. The Morgan fingerprint density at radius 3 is 2.73 bits per heavy atom. The number of hydrogen-bond donors (Lipinski definition) is 1. The fourth-order valence-corrected chi connectivity index (χ4v) is 2.32. The molecule has 1 heterocycles. The average Bonchev–Trinajstić information content (AvgIpc) is 2.21. The molecular formula is C13H24N2. The van der Waals surface area contributed by atoms with E-state index in [2.05, 4.69) is 44.0 Å². The summed E-state index contributed by atoms with van der Waals surface area (Å²) in [5, 5.41) is 3.59. The molecule has 0 aromatic carbocycles. The van der Waals surface area contributed by atoms with Crippen LogP contribution in [-0.2, 0) is 0 Å². The summed E-state index contributed by atoms with van der Waals surface area (Å²) in [6.45, 7) is 7.90. The lowest BCUT2D eigenvalue weighted by Gasteiger charge is -2.41. The lowest BCUT2D eigenvalue weighted by atomic mass is 9.89. The Hall–Kier alpha value is -0.520. The van der Waals surface area contributed by atoms with E-state index < -0.39 is 0 Å². The van der Waals surface area contributed by atoms with Crippen LogP contribution < -0.4 is 5.32 Å². The largest absolute Gasteiger partial charge is 0.303 e. The molecule has 0 bridgehead atoms. The zero-order valence-corrected chi connectivity index (χ0v) is 10.5. The summed E-state index contributed by atoms with van der Waals surface area (Å²) in [5.41, 5.74) is 0. The highest BCUT2D eigenvalue weighted by Gasteiger charge is 2.29. The van der Waals surface area contributed by atoms with Gasteiger partial charge in [-0.25, -0.2) is 0 Å². The quantitative estimate of drug-likeness (QED) is 0.710. The third-order valence-electron chi connectivity index (χ3n) is 3.64. The first kappa shape index (κ1) is 12.5. The van der Waals surface area contributed by atoms with E-state index in [1.807, 2.05) is 0 Å². The van der Waals surface area contributed by atoms with Crippen molar-refractivity contribution in [3.05, 3.63) is 0 Å². The Balaban J connectivity index is 2.51. The Morgan fingerprint density at radius 2 is 2.20 bits per heavy atom. The van der Waals surface area contributed by atoms with Crippen LogP contribution in [0.15, 0.2) is 0 Å². The van der Waals surface area contributed by atoms with Gasteiger partial charge in [-0.1, -0.05) is 19.8 Å². The number of rotatable bonds is 3. The Labute approximate surface area is 94.4 Å². The molecule has 1 N–H and O–H groups in total. The first-order valence-corrected chi connectivity index (χ1v) is 6.00. The second-order valence-corrected chi connectivity index (χ2v) is 4.90. The third-order valence-corrected chi connectivity index (χ3v) is 3.64. The van der Waals surface area contributed by atoms with Crippen LogP contribution >= 0.6 is 0 Å². The van der Waals surface area contributed by atoms with E-state index in [9.17, 15) is 0 Å². The number of nitrogens with one attached hydrogen (secondary N) is 1. The number of nitrogens with zero attached hydrogens (tertiary/aromatic N) is 1. The second-order valence-electron chi connectivity index (χ2n) is 4.90. The number of likely N-dealkylation sites (tertiary alicyclic amines) is 1. The maximum Gasteiger partial charge on any atom is 0.0686 e. The van der Waals surface area contributed by atoms with Crippen molar-refractivity contribution < 1.29 is 0 Å². The first-order valence-electron chi connectivity index (χ1n) is 6.00. The normalized spacial score (nSPS) is 34.7. The molecular weight excluding hydrogens is 184 g/mol. The zero-order chi connectivity index (χ0) is 11.4. The highest BCUT2D eigenvalue weighted by atomic mass is 15.2. The van der Waals surface area contributed by atoms with Crippen molar-refractivity contribution in [2.45, 2.75) is 51.7 Å². The standard InChI is InChI=1S/C13H24N2/c1-6-12(7-2)14-13-8-11(4)15(5)9-10(13)3/h1,10-14H,7-9H2,2-5H3. The Morgan fingerprint density at radius 1 is 1.53 bits per heavy atom. The zero-order valence-electron chi connectivity index (χ0n) is 10.5. The molecule has 0 amide bonds. The summed E-state index contributed by atoms with van der Waals surface area (Å²) >= 11 is 0. The van der Waals surface area contributed by atoms with E-state index in [-0.39, 0.29) is 6.04 Å². The molecule has 86 valence electrons. The Bertz CT molecular complexity index is 231. The van der Waals surface area contributed by atoms with Crippen LogP contribution in [0, 0.1) is 18.3 Å². The molecule has 0 radical (unpaired) electrons. The van der Waals surface area contributed by atoms with E-state index in [1.165, 1.54) is 13.0 Å². The van der Waals surface area contributed by atoms with Gasteiger partial charge in [-0.15, -0.1) is 6.42 Å². The molecule has 1 aliphatic heterocycles. The summed E-state index contributed by atoms with van der Waals surface area (Å²) in [5.74, 6) is 3.51. The number of piperidine rings is 1. The van der Waals surface area contributed by atoms with Crippen LogP contribution in [0.1, 0.15) is 33.6 Å². The van der Waals surface area contributed by atoms with E-state index >= 15 is 0 Å². The van der Waals surface area contributed by atoms with Gasteiger partial charge in [-0.05, 0) is 32.7 Å². The molecule has 1 aliphatic rings. The summed E-state index contributed by atoms with van der Waals surface area (Å²) in [7, 11) is 2.20. The van der Waals surface area contributed by atoms with Crippen molar-refractivity contribution in [2.75, 3.05) is 13.6 Å². The van der Waals surface area contributed by atoms with Crippen LogP contribution in [0.3, 0.4) is 0 Å². The molecule has 2 nitrogen and oxygen atoms in total. The monoisotopic (exact) mass is 208 g/mol. The van der Waals surface area contributed by atoms with Crippen molar-refractivity contribution in [1.82, 2.24) is 10.2 Å². The molecule has 2 heteroatoms. The van der Waals surface area contributed by atoms with Crippen molar-refractivity contribution in [2.24, 2.45) is 5.92 Å². The molecule has 4 atom stereocenters. The molecule has 1 fully saturated rings. The fourth-order valence-electron chi connectivity index (χ4n) is 2.32. The number of hydrogen-bond acceptors (Lipinski definition) is 2. The van der Waals surface area contributed by atoms with Gasteiger partial charge in [0.2, 0.25) is 0 Å². The minimum Gasteiger partial charge on any atom is -0.303 e. The minimum atomic E-state index is 0.244.